The molecule has 0 radical (unpaired) electrons. The summed E-state index contributed by atoms with van der Waals surface area (Å²) in [5.41, 5.74) is 7.39. The summed E-state index contributed by atoms with van der Waals surface area (Å²) < 4.78 is 2.04. The molecule has 5 nitrogen and oxygen atoms in total. The first-order valence-corrected chi connectivity index (χ1v) is 11.1. The third kappa shape index (κ3) is 3.38. The molecule has 0 fully saturated rings. The number of aromatic nitrogens is 3. The van der Waals surface area contributed by atoms with E-state index in [1.165, 1.54) is 11.1 Å². The van der Waals surface area contributed by atoms with E-state index in [0.717, 1.165) is 28.0 Å². The summed E-state index contributed by atoms with van der Waals surface area (Å²) in [4.78, 5) is 0. The fourth-order valence-electron chi connectivity index (χ4n) is 4.59. The normalized spacial score (nSPS) is 18.0. The van der Waals surface area contributed by atoms with E-state index in [9.17, 15) is 0 Å². The average Bonchev–Trinajstić information content (AvgIpc) is 3.47. The van der Waals surface area contributed by atoms with Crippen molar-refractivity contribution in [1.82, 2.24) is 15.0 Å². The van der Waals surface area contributed by atoms with Gasteiger partial charge in [0.2, 0.25) is 0 Å². The summed E-state index contributed by atoms with van der Waals surface area (Å²) >= 11 is 0. The topological polar surface area (TPSA) is 46.3 Å². The second kappa shape index (κ2) is 8.02. The molecule has 160 valence electrons. The monoisotopic (exact) mass is 429 g/mol. The lowest BCUT2D eigenvalue weighted by atomic mass is 9.92. The Bertz CT molecular complexity index is 1420. The molecule has 6 rings (SSSR count). The molecule has 5 aromatic rings. The Hall–Kier alpha value is -4.25. The van der Waals surface area contributed by atoms with E-state index in [-0.39, 0.29) is 12.1 Å². The fourth-order valence-corrected chi connectivity index (χ4v) is 4.59. The van der Waals surface area contributed by atoms with Crippen LogP contribution in [0.15, 0.2) is 114 Å². The molecule has 2 atom stereocenters. The second-order valence-corrected chi connectivity index (χ2v) is 8.35. The molecule has 4 aromatic carbocycles. The molecule has 0 amide bonds. The summed E-state index contributed by atoms with van der Waals surface area (Å²) in [6.45, 7) is 2.11. The van der Waals surface area contributed by atoms with E-state index < -0.39 is 0 Å². The fraction of sp³-hybridized carbons (Fsp3) is 0.107. The summed E-state index contributed by atoms with van der Waals surface area (Å²) in [5.74, 6) is 0. The summed E-state index contributed by atoms with van der Waals surface area (Å²) in [6, 6.07) is 37.3. The summed E-state index contributed by atoms with van der Waals surface area (Å²) in [7, 11) is 0. The predicted molar refractivity (Wildman–Crippen MR) is 132 cm³/mol. The Balaban J connectivity index is 1.61. The number of benzene rings is 4. The van der Waals surface area contributed by atoms with Gasteiger partial charge in [0.1, 0.15) is 17.6 Å². The Labute approximate surface area is 192 Å². The summed E-state index contributed by atoms with van der Waals surface area (Å²) in [6.07, 6.45) is 0. The zero-order chi connectivity index (χ0) is 22.2. The molecule has 0 N–H and O–H groups in total. The smallest absolute Gasteiger partial charge is 0.125 e. The van der Waals surface area contributed by atoms with Crippen molar-refractivity contribution in [3.63, 3.8) is 0 Å². The van der Waals surface area contributed by atoms with Gasteiger partial charge in [0, 0.05) is 5.56 Å². The zero-order valence-corrected chi connectivity index (χ0v) is 18.3. The number of para-hydroxylation sites is 2. The minimum Gasteiger partial charge on any atom is -0.255 e. The molecule has 0 saturated carbocycles. The number of anilines is 1. The maximum Gasteiger partial charge on any atom is 0.125 e. The predicted octanol–water partition coefficient (Wildman–Crippen LogP) is 5.95. The van der Waals surface area contributed by atoms with Crippen LogP contribution < -0.4 is 5.01 Å². The summed E-state index contributed by atoms with van der Waals surface area (Å²) in [5, 5.41) is 16.5. The van der Waals surface area contributed by atoms with Crippen LogP contribution in [-0.2, 0) is 0 Å². The van der Waals surface area contributed by atoms with E-state index in [0.29, 0.717) is 0 Å². The van der Waals surface area contributed by atoms with Gasteiger partial charge < -0.3 is 0 Å². The van der Waals surface area contributed by atoms with Crippen molar-refractivity contribution in [3.05, 3.63) is 126 Å². The van der Waals surface area contributed by atoms with Crippen molar-refractivity contribution < 1.29 is 0 Å². The van der Waals surface area contributed by atoms with Crippen LogP contribution in [0.1, 0.15) is 28.8 Å². The van der Waals surface area contributed by atoms with E-state index >= 15 is 0 Å². The third-order valence-electron chi connectivity index (χ3n) is 6.21. The van der Waals surface area contributed by atoms with Crippen LogP contribution in [0, 0.1) is 6.92 Å². The quantitative estimate of drug-likeness (QED) is 0.355. The molecule has 0 aliphatic carbocycles. The van der Waals surface area contributed by atoms with Gasteiger partial charge in [-0.15, -0.1) is 5.10 Å². The number of nitrogens with zero attached hydrogens (tertiary/aromatic N) is 5. The van der Waals surface area contributed by atoms with Gasteiger partial charge in [-0.3, -0.25) is 5.01 Å². The number of hydrogen-bond acceptors (Lipinski definition) is 4. The van der Waals surface area contributed by atoms with Gasteiger partial charge in [0.25, 0.3) is 0 Å². The SMILES string of the molecule is Cc1ccc([C@@H]2[C@H](n3nnc4ccccc43)C(c3ccccc3)=NN2c2ccccc2)cc1. The van der Waals surface area contributed by atoms with E-state index in [1.807, 2.05) is 35.0 Å². The lowest BCUT2D eigenvalue weighted by Gasteiger charge is -2.29. The van der Waals surface area contributed by atoms with Gasteiger partial charge in [-0.05, 0) is 36.8 Å². The minimum absolute atomic E-state index is 0.0756. The minimum atomic E-state index is -0.150. The van der Waals surface area contributed by atoms with Gasteiger partial charge in [-0.2, -0.15) is 5.10 Å². The van der Waals surface area contributed by atoms with Gasteiger partial charge in [-0.25, -0.2) is 4.68 Å². The molecule has 0 saturated heterocycles. The molecule has 1 aliphatic heterocycles. The highest BCUT2D eigenvalue weighted by molar-refractivity contribution is 6.06. The Morgan fingerprint density at radius 1 is 0.667 bits per heavy atom. The number of hydrazone groups is 1. The van der Waals surface area contributed by atoms with Crippen LogP contribution in [0.4, 0.5) is 5.69 Å². The molecular formula is C28H23N5. The van der Waals surface area contributed by atoms with Gasteiger partial charge >= 0.3 is 0 Å². The second-order valence-electron chi connectivity index (χ2n) is 8.35. The number of rotatable bonds is 4. The Kier molecular flexibility index (Phi) is 4.73. The third-order valence-corrected chi connectivity index (χ3v) is 6.21. The molecule has 1 aromatic heterocycles. The van der Waals surface area contributed by atoms with Crippen molar-refractivity contribution in [3.8, 4) is 0 Å². The van der Waals surface area contributed by atoms with Gasteiger partial charge in [-0.1, -0.05) is 95.7 Å². The first kappa shape index (κ1) is 19.4. The lowest BCUT2D eigenvalue weighted by Crippen LogP contribution is -2.29. The van der Waals surface area contributed by atoms with Crippen LogP contribution in [0.25, 0.3) is 11.0 Å². The Morgan fingerprint density at radius 3 is 2.09 bits per heavy atom. The molecule has 33 heavy (non-hydrogen) atoms. The van der Waals surface area contributed by atoms with Crippen LogP contribution in [0.5, 0.6) is 0 Å². The maximum absolute atomic E-state index is 5.21. The molecule has 0 bridgehead atoms. The zero-order valence-electron chi connectivity index (χ0n) is 18.3. The van der Waals surface area contributed by atoms with E-state index in [1.54, 1.807) is 0 Å². The molecule has 0 spiro atoms. The molecule has 0 unspecified atom stereocenters. The highest BCUT2D eigenvalue weighted by Crippen LogP contribution is 2.44. The Morgan fingerprint density at radius 2 is 1.33 bits per heavy atom. The highest BCUT2D eigenvalue weighted by atomic mass is 15.5. The molecular weight excluding hydrogens is 406 g/mol. The first-order valence-electron chi connectivity index (χ1n) is 11.1. The van der Waals surface area contributed by atoms with Crippen molar-refractivity contribution >= 4 is 22.4 Å². The number of hydrogen-bond donors (Lipinski definition) is 0. The molecule has 5 heteroatoms. The van der Waals surface area contributed by atoms with Crippen molar-refractivity contribution in [2.45, 2.75) is 19.0 Å². The largest absolute Gasteiger partial charge is 0.255 e. The van der Waals surface area contributed by atoms with Crippen LogP contribution in [0.3, 0.4) is 0 Å². The van der Waals surface area contributed by atoms with Crippen molar-refractivity contribution in [2.75, 3.05) is 5.01 Å². The van der Waals surface area contributed by atoms with Crippen LogP contribution >= 0.6 is 0 Å². The average molecular weight is 430 g/mol. The number of fused-ring (bicyclic) bond motifs is 1. The van der Waals surface area contributed by atoms with Crippen molar-refractivity contribution in [2.24, 2.45) is 5.10 Å². The number of aryl methyl sites for hydroxylation is 1. The maximum atomic E-state index is 5.21. The molecule has 1 aliphatic rings. The van der Waals surface area contributed by atoms with Crippen molar-refractivity contribution in [1.29, 1.82) is 0 Å². The first-order chi connectivity index (χ1) is 16.3. The molecule has 2 heterocycles. The van der Waals surface area contributed by atoms with Gasteiger partial charge in [0.15, 0.2) is 0 Å². The van der Waals surface area contributed by atoms with Gasteiger partial charge in [0.05, 0.1) is 16.9 Å². The standard InChI is InChI=1S/C28H23N5/c1-20-16-18-22(19-17-20)27-28(33-25-15-9-8-14-24(25)29-31-33)26(21-10-4-2-5-11-21)30-32(27)23-12-6-3-7-13-23/h2-19,27-28H,1H3/t27-,28-/m1/s1. The van der Waals surface area contributed by atoms with E-state index in [2.05, 4.69) is 101 Å². The lowest BCUT2D eigenvalue weighted by molar-refractivity contribution is 0.485. The van der Waals surface area contributed by atoms with E-state index in [4.69, 9.17) is 5.10 Å². The highest BCUT2D eigenvalue weighted by Gasteiger charge is 2.42. The van der Waals surface area contributed by atoms with Crippen LogP contribution in [0.2, 0.25) is 0 Å². The van der Waals surface area contributed by atoms with Crippen LogP contribution in [-0.4, -0.2) is 20.7 Å².